The minimum absolute atomic E-state index is 0.0277. The predicted octanol–water partition coefficient (Wildman–Crippen LogP) is 2.70. The first kappa shape index (κ1) is 16.8. The van der Waals surface area contributed by atoms with Gasteiger partial charge in [-0.25, -0.2) is 0 Å². The fraction of sp³-hybridized carbons (Fsp3) is 0.0952. The lowest BCUT2D eigenvalue weighted by Gasteiger charge is -2.07. The van der Waals surface area contributed by atoms with Crippen molar-refractivity contribution in [1.82, 2.24) is 20.1 Å². The van der Waals surface area contributed by atoms with Gasteiger partial charge in [-0.3, -0.25) is 14.7 Å². The minimum atomic E-state index is -0.215. The zero-order valence-corrected chi connectivity index (χ0v) is 14.6. The highest BCUT2D eigenvalue weighted by atomic mass is 16.2. The number of nitrogens with zero attached hydrogens (tertiary/aromatic N) is 2. The summed E-state index contributed by atoms with van der Waals surface area (Å²) < 4.78 is 1.65. The normalized spacial score (nSPS) is 10.8. The van der Waals surface area contributed by atoms with Crippen LogP contribution < -0.4 is 10.9 Å². The van der Waals surface area contributed by atoms with E-state index in [2.05, 4.69) is 15.5 Å². The van der Waals surface area contributed by atoms with E-state index in [1.54, 1.807) is 22.9 Å². The lowest BCUT2D eigenvalue weighted by molar-refractivity contribution is 0.0947. The van der Waals surface area contributed by atoms with Crippen molar-refractivity contribution in [2.75, 3.05) is 0 Å². The van der Waals surface area contributed by atoms with E-state index in [9.17, 15) is 9.59 Å². The number of H-pyrrole nitrogens is 1. The standard InChI is InChI=1S/C21H18N4O2/c26-19-7-3-4-12-25(19)14-16-10-8-15(9-11-16)13-22-21(27)20-17-5-1-2-6-18(17)23-24-20/h1-12H,13-14H2,(H,22,27)(H,23,24). The first-order chi connectivity index (χ1) is 13.2. The average Bonchev–Trinajstić information content (AvgIpc) is 3.13. The molecule has 0 aliphatic rings. The number of nitrogens with one attached hydrogen (secondary N) is 2. The molecule has 0 saturated carbocycles. The second kappa shape index (κ2) is 7.29. The first-order valence-electron chi connectivity index (χ1n) is 8.65. The molecule has 0 aliphatic heterocycles. The Kier molecular flexibility index (Phi) is 4.53. The number of benzene rings is 2. The van der Waals surface area contributed by atoms with Gasteiger partial charge in [-0.05, 0) is 23.3 Å². The van der Waals surface area contributed by atoms with Crippen molar-refractivity contribution in [2.45, 2.75) is 13.1 Å². The molecule has 6 nitrogen and oxygen atoms in total. The number of aromatic amines is 1. The Morgan fingerprint density at radius 1 is 0.963 bits per heavy atom. The van der Waals surface area contributed by atoms with Crippen molar-refractivity contribution < 1.29 is 4.79 Å². The van der Waals surface area contributed by atoms with Gasteiger partial charge >= 0.3 is 0 Å². The molecule has 6 heteroatoms. The Labute approximate surface area is 155 Å². The maximum atomic E-state index is 12.4. The average molecular weight is 358 g/mol. The van der Waals surface area contributed by atoms with Gasteiger partial charge in [0.15, 0.2) is 5.69 Å². The Balaban J connectivity index is 1.41. The molecule has 0 saturated heterocycles. The third-order valence-corrected chi connectivity index (χ3v) is 4.41. The van der Waals surface area contributed by atoms with Crippen molar-refractivity contribution in [3.63, 3.8) is 0 Å². The largest absolute Gasteiger partial charge is 0.347 e. The van der Waals surface area contributed by atoms with Crippen molar-refractivity contribution >= 4 is 16.8 Å². The highest BCUT2D eigenvalue weighted by molar-refractivity contribution is 6.04. The molecule has 0 aliphatic carbocycles. The number of carbonyl (C=O) groups is 1. The summed E-state index contributed by atoms with van der Waals surface area (Å²) in [6.45, 7) is 0.928. The zero-order valence-electron chi connectivity index (χ0n) is 14.6. The smallest absolute Gasteiger partial charge is 0.272 e. The van der Waals surface area contributed by atoms with Crippen molar-refractivity contribution in [1.29, 1.82) is 0 Å². The van der Waals surface area contributed by atoms with Crippen LogP contribution in [0.4, 0.5) is 0 Å². The summed E-state index contributed by atoms with van der Waals surface area (Å²) in [6, 6.07) is 20.5. The number of amides is 1. The Bertz CT molecular complexity index is 1140. The van der Waals surface area contributed by atoms with Gasteiger partial charge in [0.1, 0.15) is 0 Å². The van der Waals surface area contributed by atoms with Crippen LogP contribution in [-0.2, 0) is 13.1 Å². The van der Waals surface area contributed by atoms with E-state index < -0.39 is 0 Å². The number of para-hydroxylation sites is 1. The van der Waals surface area contributed by atoms with Crippen LogP contribution in [0.15, 0.2) is 77.7 Å². The molecule has 27 heavy (non-hydrogen) atoms. The predicted molar refractivity (Wildman–Crippen MR) is 104 cm³/mol. The van der Waals surface area contributed by atoms with Crippen LogP contribution in [0, 0.1) is 0 Å². The van der Waals surface area contributed by atoms with E-state index >= 15 is 0 Å². The number of hydrogen-bond donors (Lipinski definition) is 2. The van der Waals surface area contributed by atoms with Gasteiger partial charge < -0.3 is 9.88 Å². The molecular formula is C21H18N4O2. The molecule has 2 heterocycles. The number of pyridine rings is 1. The second-order valence-corrected chi connectivity index (χ2v) is 6.28. The van der Waals surface area contributed by atoms with E-state index in [4.69, 9.17) is 0 Å². The van der Waals surface area contributed by atoms with Crippen LogP contribution in [0.1, 0.15) is 21.6 Å². The summed E-state index contributed by atoms with van der Waals surface area (Å²) in [5.74, 6) is -0.215. The molecule has 0 atom stereocenters. The monoisotopic (exact) mass is 358 g/mol. The molecule has 0 radical (unpaired) electrons. The molecule has 2 N–H and O–H groups in total. The van der Waals surface area contributed by atoms with Crippen molar-refractivity contribution in [3.8, 4) is 0 Å². The van der Waals surface area contributed by atoms with E-state index in [0.717, 1.165) is 22.0 Å². The van der Waals surface area contributed by atoms with Gasteiger partial charge in [-0.15, -0.1) is 0 Å². The quantitative estimate of drug-likeness (QED) is 0.576. The van der Waals surface area contributed by atoms with Crippen LogP contribution in [0.5, 0.6) is 0 Å². The maximum Gasteiger partial charge on any atom is 0.272 e. The molecule has 0 unspecified atom stereocenters. The molecule has 2 aromatic heterocycles. The van der Waals surface area contributed by atoms with E-state index in [0.29, 0.717) is 18.8 Å². The van der Waals surface area contributed by atoms with E-state index in [-0.39, 0.29) is 11.5 Å². The third-order valence-electron chi connectivity index (χ3n) is 4.41. The van der Waals surface area contributed by atoms with Gasteiger partial charge in [0.2, 0.25) is 0 Å². The van der Waals surface area contributed by atoms with Gasteiger partial charge in [-0.1, -0.05) is 48.5 Å². The number of aromatic nitrogens is 3. The molecule has 0 spiro atoms. The Morgan fingerprint density at radius 3 is 2.52 bits per heavy atom. The summed E-state index contributed by atoms with van der Waals surface area (Å²) in [5.41, 5.74) is 3.21. The second-order valence-electron chi connectivity index (χ2n) is 6.28. The topological polar surface area (TPSA) is 79.8 Å². The first-order valence-corrected chi connectivity index (χ1v) is 8.65. The van der Waals surface area contributed by atoms with Crippen LogP contribution >= 0.6 is 0 Å². The lowest BCUT2D eigenvalue weighted by atomic mass is 10.1. The summed E-state index contributed by atoms with van der Waals surface area (Å²) >= 11 is 0. The van der Waals surface area contributed by atoms with Gasteiger partial charge in [0.25, 0.3) is 11.5 Å². The highest BCUT2D eigenvalue weighted by Gasteiger charge is 2.13. The van der Waals surface area contributed by atoms with Crippen molar-refractivity contribution in [2.24, 2.45) is 0 Å². The van der Waals surface area contributed by atoms with Crippen molar-refractivity contribution in [3.05, 3.63) is 100 Å². The molecule has 0 fully saturated rings. The molecule has 2 aromatic carbocycles. The fourth-order valence-corrected chi connectivity index (χ4v) is 2.95. The van der Waals surface area contributed by atoms with Crippen LogP contribution in [0.25, 0.3) is 10.9 Å². The van der Waals surface area contributed by atoms with Gasteiger partial charge in [0, 0.05) is 24.2 Å². The lowest BCUT2D eigenvalue weighted by Crippen LogP contribution is -2.23. The summed E-state index contributed by atoms with van der Waals surface area (Å²) in [6.07, 6.45) is 1.77. The van der Waals surface area contributed by atoms with Crippen LogP contribution in [0.2, 0.25) is 0 Å². The minimum Gasteiger partial charge on any atom is -0.347 e. The van der Waals surface area contributed by atoms with Gasteiger partial charge in [-0.2, -0.15) is 5.10 Å². The SMILES string of the molecule is O=C(NCc1ccc(Cn2ccccc2=O)cc1)c1n[nH]c2ccccc12. The third kappa shape index (κ3) is 3.64. The molecule has 1 amide bonds. The maximum absolute atomic E-state index is 12.4. The summed E-state index contributed by atoms with van der Waals surface area (Å²) in [4.78, 5) is 24.2. The highest BCUT2D eigenvalue weighted by Crippen LogP contribution is 2.15. The van der Waals surface area contributed by atoms with Crippen LogP contribution in [-0.4, -0.2) is 20.7 Å². The molecule has 0 bridgehead atoms. The molecule has 4 aromatic rings. The molecule has 4 rings (SSSR count). The van der Waals surface area contributed by atoms with E-state index in [1.165, 1.54) is 0 Å². The summed E-state index contributed by atoms with van der Waals surface area (Å²) in [7, 11) is 0. The Hall–Kier alpha value is -3.67. The fourth-order valence-electron chi connectivity index (χ4n) is 2.95. The van der Waals surface area contributed by atoms with Gasteiger partial charge in [0.05, 0.1) is 12.1 Å². The molecule has 134 valence electrons. The number of hydrogen-bond acceptors (Lipinski definition) is 3. The zero-order chi connectivity index (χ0) is 18.6. The summed E-state index contributed by atoms with van der Waals surface area (Å²) in [5, 5.41) is 10.7. The number of rotatable bonds is 5. The molecular weight excluding hydrogens is 340 g/mol. The van der Waals surface area contributed by atoms with E-state index in [1.807, 2.05) is 54.6 Å². The number of fused-ring (bicyclic) bond motifs is 1. The number of carbonyl (C=O) groups excluding carboxylic acids is 1. The Morgan fingerprint density at radius 2 is 1.70 bits per heavy atom. The van der Waals surface area contributed by atoms with Crippen LogP contribution in [0.3, 0.4) is 0 Å².